The Morgan fingerprint density at radius 1 is 0.534 bits per heavy atom. The fourth-order valence-electron chi connectivity index (χ4n) is 8.50. The van der Waals surface area contributed by atoms with Gasteiger partial charge in [-0.2, -0.15) is 4.98 Å². The van der Waals surface area contributed by atoms with Crippen LogP contribution in [-0.4, -0.2) is 21.5 Å². The number of ether oxygens (including phenoxy) is 1. The van der Waals surface area contributed by atoms with Crippen LogP contribution in [0, 0.1) is 0 Å². The van der Waals surface area contributed by atoms with Crippen LogP contribution in [0.4, 0.5) is 22.9 Å². The van der Waals surface area contributed by atoms with E-state index in [0.717, 1.165) is 45.1 Å². The molecule has 0 aliphatic carbocycles. The Bertz CT molecular complexity index is 2900. The molecule has 1 aliphatic rings. The zero-order valence-corrected chi connectivity index (χ0v) is 33.0. The maximum atomic E-state index is 6.66. The van der Waals surface area contributed by atoms with Crippen molar-refractivity contribution in [2.45, 2.75) is 33.0 Å². The van der Waals surface area contributed by atoms with E-state index in [4.69, 9.17) is 14.7 Å². The highest BCUT2D eigenvalue weighted by Gasteiger charge is 2.41. The molecule has 280 valence electrons. The van der Waals surface area contributed by atoms with E-state index in [-0.39, 0.29) is 12.4 Å². The van der Waals surface area contributed by atoms with E-state index in [1.54, 1.807) is 0 Å². The minimum Gasteiger partial charge on any atom is -0.439 e. The molecule has 0 N–H and O–H groups in total. The van der Waals surface area contributed by atoms with Gasteiger partial charge in [0.05, 0.1) is 22.4 Å². The molecule has 58 heavy (non-hydrogen) atoms. The van der Waals surface area contributed by atoms with Crippen LogP contribution in [0.1, 0.15) is 26.3 Å². The topological polar surface area (TPSA) is 46.4 Å². The largest absolute Gasteiger partial charge is 0.439 e. The van der Waals surface area contributed by atoms with Crippen LogP contribution in [0.2, 0.25) is 6.82 Å². The average molecular weight is 752 g/mol. The van der Waals surface area contributed by atoms with Crippen molar-refractivity contribution in [3.8, 4) is 39.7 Å². The number of fused-ring (bicyclic) bond motifs is 4. The molecule has 0 spiro atoms. The van der Waals surface area contributed by atoms with E-state index in [9.17, 15) is 0 Å². The molecule has 0 saturated carbocycles. The van der Waals surface area contributed by atoms with Crippen LogP contribution in [0.5, 0.6) is 11.6 Å². The SMILES string of the molecule is CB1N(c2cccc(Oc3ccc4c5ccccc5n(-c5cc(C(C)(C)C)ccn5)c4c3)n2)c2ccccc2N1c1c(-c2ccccc2)cccc1-c1ccccc1. The van der Waals surface area contributed by atoms with Gasteiger partial charge in [-0.05, 0) is 77.5 Å². The van der Waals surface area contributed by atoms with Crippen molar-refractivity contribution in [1.82, 2.24) is 14.5 Å². The molecule has 9 aromatic rings. The quantitative estimate of drug-likeness (QED) is 0.152. The highest BCUT2D eigenvalue weighted by atomic mass is 16.5. The normalized spacial score (nSPS) is 12.7. The number of anilines is 4. The van der Waals surface area contributed by atoms with Gasteiger partial charge in [0.1, 0.15) is 17.4 Å². The molecule has 0 bridgehead atoms. The van der Waals surface area contributed by atoms with E-state index < -0.39 is 0 Å². The van der Waals surface area contributed by atoms with Gasteiger partial charge >= 0.3 is 6.98 Å². The number of benzene rings is 6. The third-order valence-electron chi connectivity index (χ3n) is 11.3. The predicted molar refractivity (Wildman–Crippen MR) is 241 cm³/mol. The minimum absolute atomic E-state index is 0.0126. The maximum absolute atomic E-state index is 6.66. The molecule has 3 aromatic heterocycles. The van der Waals surface area contributed by atoms with Crippen LogP contribution in [0.25, 0.3) is 49.9 Å². The molecular weight excluding hydrogens is 709 g/mol. The Morgan fingerprint density at radius 3 is 1.86 bits per heavy atom. The maximum Gasteiger partial charge on any atom is 0.382 e. The summed E-state index contributed by atoms with van der Waals surface area (Å²) in [4.78, 5) is 14.8. The molecule has 6 aromatic carbocycles. The average Bonchev–Trinajstić information content (AvgIpc) is 3.74. The van der Waals surface area contributed by atoms with Gasteiger partial charge in [-0.1, -0.05) is 136 Å². The van der Waals surface area contributed by atoms with Crippen LogP contribution in [0.3, 0.4) is 0 Å². The Kier molecular flexibility index (Phi) is 8.60. The molecule has 0 radical (unpaired) electrons. The van der Waals surface area contributed by atoms with Gasteiger partial charge in [0.2, 0.25) is 5.88 Å². The van der Waals surface area contributed by atoms with Gasteiger partial charge in [-0.3, -0.25) is 4.57 Å². The molecule has 0 saturated heterocycles. The molecule has 10 rings (SSSR count). The van der Waals surface area contributed by atoms with Crippen LogP contribution < -0.4 is 14.4 Å². The molecule has 6 nitrogen and oxygen atoms in total. The van der Waals surface area contributed by atoms with E-state index >= 15 is 0 Å². The number of nitrogens with zero attached hydrogens (tertiary/aromatic N) is 5. The lowest BCUT2D eigenvalue weighted by molar-refractivity contribution is 0.464. The molecule has 0 unspecified atom stereocenters. The summed E-state index contributed by atoms with van der Waals surface area (Å²) in [5, 5.41) is 2.31. The van der Waals surface area contributed by atoms with Gasteiger partial charge < -0.3 is 14.4 Å². The molecular formula is C51H42BN5O. The van der Waals surface area contributed by atoms with Gasteiger partial charge in [0.15, 0.2) is 0 Å². The number of hydrogen-bond donors (Lipinski definition) is 0. The van der Waals surface area contributed by atoms with Crippen molar-refractivity contribution in [2.75, 3.05) is 9.62 Å². The van der Waals surface area contributed by atoms with Gasteiger partial charge in [0, 0.05) is 45.9 Å². The summed E-state index contributed by atoms with van der Waals surface area (Å²) < 4.78 is 8.90. The first kappa shape index (κ1) is 35.3. The summed E-state index contributed by atoms with van der Waals surface area (Å²) in [5.41, 5.74) is 11.4. The number of hydrogen-bond acceptors (Lipinski definition) is 5. The van der Waals surface area contributed by atoms with Crippen LogP contribution in [-0.2, 0) is 5.41 Å². The third-order valence-corrected chi connectivity index (χ3v) is 11.3. The summed E-state index contributed by atoms with van der Waals surface area (Å²) in [6, 6.07) is 61.7. The molecule has 0 atom stereocenters. The number of pyridine rings is 2. The Hall–Kier alpha value is -7.12. The monoisotopic (exact) mass is 751 g/mol. The molecule has 0 amide bonds. The lowest BCUT2D eigenvalue weighted by Crippen LogP contribution is -2.41. The van der Waals surface area contributed by atoms with Crippen molar-refractivity contribution in [1.29, 1.82) is 0 Å². The van der Waals surface area contributed by atoms with E-state index in [0.29, 0.717) is 11.6 Å². The Balaban J connectivity index is 1.05. The summed E-state index contributed by atoms with van der Waals surface area (Å²) in [5.74, 6) is 2.90. The highest BCUT2D eigenvalue weighted by Crippen LogP contribution is 2.51. The van der Waals surface area contributed by atoms with Gasteiger partial charge in [-0.15, -0.1) is 0 Å². The van der Waals surface area contributed by atoms with Crippen molar-refractivity contribution >= 4 is 51.7 Å². The van der Waals surface area contributed by atoms with Crippen LogP contribution >= 0.6 is 0 Å². The number of rotatable bonds is 7. The van der Waals surface area contributed by atoms with E-state index in [1.165, 1.54) is 33.2 Å². The first-order chi connectivity index (χ1) is 28.3. The second-order valence-corrected chi connectivity index (χ2v) is 15.9. The fourth-order valence-corrected chi connectivity index (χ4v) is 8.50. The van der Waals surface area contributed by atoms with E-state index in [1.807, 2.05) is 24.4 Å². The minimum atomic E-state index is -0.115. The second kappa shape index (κ2) is 14.1. The summed E-state index contributed by atoms with van der Waals surface area (Å²) >= 11 is 0. The van der Waals surface area contributed by atoms with Crippen molar-refractivity contribution < 1.29 is 4.74 Å². The first-order valence-electron chi connectivity index (χ1n) is 19.9. The summed E-state index contributed by atoms with van der Waals surface area (Å²) in [6.45, 7) is 8.83. The zero-order valence-electron chi connectivity index (χ0n) is 33.0. The summed E-state index contributed by atoms with van der Waals surface area (Å²) in [6.07, 6.45) is 1.91. The first-order valence-corrected chi connectivity index (χ1v) is 19.9. The predicted octanol–water partition coefficient (Wildman–Crippen LogP) is 13.4. The van der Waals surface area contributed by atoms with E-state index in [2.05, 4.69) is 200 Å². The molecule has 7 heteroatoms. The smallest absolute Gasteiger partial charge is 0.382 e. The van der Waals surface area contributed by atoms with Gasteiger partial charge in [0.25, 0.3) is 0 Å². The van der Waals surface area contributed by atoms with Crippen LogP contribution in [0.15, 0.2) is 182 Å². The third kappa shape index (κ3) is 6.07. The number of aromatic nitrogens is 3. The van der Waals surface area contributed by atoms with Gasteiger partial charge in [-0.25, -0.2) is 4.98 Å². The molecule has 0 fully saturated rings. The lowest BCUT2D eigenvalue weighted by atomic mass is 9.74. The summed E-state index contributed by atoms with van der Waals surface area (Å²) in [7, 11) is 0. The second-order valence-electron chi connectivity index (χ2n) is 15.9. The fraction of sp³-hybridized carbons (Fsp3) is 0.0980. The Morgan fingerprint density at radius 2 is 1.16 bits per heavy atom. The molecule has 4 heterocycles. The van der Waals surface area contributed by atoms with Crippen molar-refractivity contribution in [3.63, 3.8) is 0 Å². The highest BCUT2D eigenvalue weighted by molar-refractivity contribution is 6.72. The van der Waals surface area contributed by atoms with Crippen molar-refractivity contribution in [3.05, 3.63) is 188 Å². The van der Waals surface area contributed by atoms with Crippen molar-refractivity contribution in [2.24, 2.45) is 0 Å². The Labute approximate surface area is 339 Å². The zero-order chi connectivity index (χ0) is 39.4. The lowest BCUT2D eigenvalue weighted by Gasteiger charge is -2.30. The number of para-hydroxylation sites is 4. The molecule has 1 aliphatic heterocycles. The standard InChI is InChI=1S/C51H42BN5O/c1-51(2,3)37-31-32-53-48(33-37)55-43-24-12-11-21-41(43)42-30-29-38(34-46(42)55)58-49-28-16-27-47(54-49)56-44-25-13-14-26-45(44)57(52(56)4)50-39(35-17-7-5-8-18-35)22-15-23-40(50)36-19-9-6-10-20-36/h5-34H,1-4H3.